The lowest BCUT2D eigenvalue weighted by atomic mass is 10.0. The van der Waals surface area contributed by atoms with E-state index in [2.05, 4.69) is 20.1 Å². The molecule has 3 aromatic carbocycles. The molecule has 1 aliphatic heterocycles. The van der Waals surface area contributed by atoms with Gasteiger partial charge in [-0.15, -0.1) is 0 Å². The van der Waals surface area contributed by atoms with E-state index in [4.69, 9.17) is 0 Å². The maximum atomic E-state index is 13.4. The van der Waals surface area contributed by atoms with Gasteiger partial charge in [0.05, 0.1) is 0 Å². The van der Waals surface area contributed by atoms with E-state index in [1.54, 1.807) is 24.4 Å². The summed E-state index contributed by atoms with van der Waals surface area (Å²) in [5, 5.41) is 14.0. The number of phenolic OH excluding ortho intramolecular Hbond substituents is 1. The molecular formula is C28H27FN4O2. The summed E-state index contributed by atoms with van der Waals surface area (Å²) in [5.41, 5.74) is 3.23. The standard InChI is InChI=1S/C28H27FN4O2/c29-22-9-11-23(12-10-22)31-28(35)27(20-5-2-1-3-6-20)33-17-15-32(16-18-33)19-21-8-13-25(34)26-24(21)7-4-14-30-26/h1-14,27,34H,15-19H2,(H,31,35). The number of anilines is 1. The summed E-state index contributed by atoms with van der Waals surface area (Å²) >= 11 is 0. The number of amides is 1. The molecular weight excluding hydrogens is 443 g/mol. The van der Waals surface area contributed by atoms with Crippen molar-refractivity contribution in [2.75, 3.05) is 31.5 Å². The molecule has 178 valence electrons. The van der Waals surface area contributed by atoms with Crippen LogP contribution < -0.4 is 5.32 Å². The lowest BCUT2D eigenvalue weighted by molar-refractivity contribution is -0.122. The van der Waals surface area contributed by atoms with Crippen molar-refractivity contribution >= 4 is 22.5 Å². The number of nitrogens with zero attached hydrogens (tertiary/aromatic N) is 3. The first-order chi connectivity index (χ1) is 17.1. The smallest absolute Gasteiger partial charge is 0.246 e. The number of aromatic hydroxyl groups is 1. The Hall–Kier alpha value is -3.81. The van der Waals surface area contributed by atoms with Gasteiger partial charge in [0.1, 0.15) is 23.1 Å². The Morgan fingerprint density at radius 2 is 1.69 bits per heavy atom. The summed E-state index contributed by atoms with van der Waals surface area (Å²) in [6.45, 7) is 3.80. The van der Waals surface area contributed by atoms with E-state index in [0.29, 0.717) is 11.2 Å². The average Bonchev–Trinajstić information content (AvgIpc) is 2.89. The largest absolute Gasteiger partial charge is 0.506 e. The molecule has 1 fully saturated rings. The molecule has 7 heteroatoms. The molecule has 0 spiro atoms. The van der Waals surface area contributed by atoms with Gasteiger partial charge >= 0.3 is 0 Å². The van der Waals surface area contributed by atoms with Crippen LogP contribution in [0.5, 0.6) is 5.75 Å². The van der Waals surface area contributed by atoms with Crippen molar-refractivity contribution in [3.8, 4) is 5.75 Å². The van der Waals surface area contributed by atoms with Gasteiger partial charge in [-0.25, -0.2) is 4.39 Å². The first-order valence-corrected chi connectivity index (χ1v) is 11.7. The van der Waals surface area contributed by atoms with Crippen LogP contribution in [0.25, 0.3) is 10.9 Å². The van der Waals surface area contributed by atoms with E-state index >= 15 is 0 Å². The molecule has 1 atom stereocenters. The second-order valence-corrected chi connectivity index (χ2v) is 8.76. The molecule has 1 aliphatic rings. The highest BCUT2D eigenvalue weighted by Gasteiger charge is 2.30. The highest BCUT2D eigenvalue weighted by molar-refractivity contribution is 5.95. The van der Waals surface area contributed by atoms with Crippen LogP contribution in [-0.2, 0) is 11.3 Å². The van der Waals surface area contributed by atoms with Gasteiger partial charge in [0, 0.05) is 50.0 Å². The van der Waals surface area contributed by atoms with Crippen LogP contribution >= 0.6 is 0 Å². The normalized spacial score (nSPS) is 15.7. The number of rotatable bonds is 6. The van der Waals surface area contributed by atoms with E-state index in [9.17, 15) is 14.3 Å². The van der Waals surface area contributed by atoms with Gasteiger partial charge in [0.15, 0.2) is 0 Å². The zero-order valence-electron chi connectivity index (χ0n) is 19.3. The number of piperazine rings is 1. The fourth-order valence-corrected chi connectivity index (χ4v) is 4.68. The number of carbonyl (C=O) groups excluding carboxylic acids is 1. The Morgan fingerprint density at radius 3 is 2.43 bits per heavy atom. The molecule has 2 N–H and O–H groups in total. The van der Waals surface area contributed by atoms with Crippen molar-refractivity contribution in [1.82, 2.24) is 14.8 Å². The molecule has 2 heterocycles. The second kappa shape index (κ2) is 10.2. The molecule has 35 heavy (non-hydrogen) atoms. The van der Waals surface area contributed by atoms with E-state index < -0.39 is 6.04 Å². The fourth-order valence-electron chi connectivity index (χ4n) is 4.68. The first-order valence-electron chi connectivity index (χ1n) is 11.7. The van der Waals surface area contributed by atoms with Crippen LogP contribution in [0, 0.1) is 5.82 Å². The van der Waals surface area contributed by atoms with E-state index in [0.717, 1.165) is 49.2 Å². The first kappa shape index (κ1) is 23.0. The Bertz CT molecular complexity index is 1310. The molecule has 1 saturated heterocycles. The molecule has 1 amide bonds. The van der Waals surface area contributed by atoms with Crippen LogP contribution in [-0.4, -0.2) is 52.0 Å². The number of benzene rings is 3. The van der Waals surface area contributed by atoms with Gasteiger partial charge in [-0.3, -0.25) is 19.6 Å². The minimum absolute atomic E-state index is 0.133. The predicted molar refractivity (Wildman–Crippen MR) is 134 cm³/mol. The van der Waals surface area contributed by atoms with Crippen molar-refractivity contribution in [3.05, 3.63) is 102 Å². The van der Waals surface area contributed by atoms with Crippen molar-refractivity contribution in [2.24, 2.45) is 0 Å². The number of carbonyl (C=O) groups is 1. The van der Waals surface area contributed by atoms with Gasteiger partial charge in [-0.05, 0) is 47.5 Å². The number of aromatic nitrogens is 1. The van der Waals surface area contributed by atoms with Gasteiger partial charge < -0.3 is 10.4 Å². The quantitative estimate of drug-likeness (QED) is 0.432. The Morgan fingerprint density at radius 1 is 0.943 bits per heavy atom. The fraction of sp³-hybridized carbons (Fsp3) is 0.214. The van der Waals surface area contributed by atoms with Crippen LogP contribution in [0.15, 0.2) is 85.1 Å². The molecule has 4 aromatic rings. The lowest BCUT2D eigenvalue weighted by Crippen LogP contribution is -2.49. The summed E-state index contributed by atoms with van der Waals surface area (Å²) in [4.78, 5) is 22.2. The second-order valence-electron chi connectivity index (χ2n) is 8.76. The number of halogens is 1. The third kappa shape index (κ3) is 5.16. The predicted octanol–water partition coefficient (Wildman–Crippen LogP) is 4.58. The third-order valence-electron chi connectivity index (χ3n) is 6.48. The number of phenols is 1. The van der Waals surface area contributed by atoms with Crippen molar-refractivity contribution in [2.45, 2.75) is 12.6 Å². The SMILES string of the molecule is O=C(Nc1ccc(F)cc1)C(c1ccccc1)N1CCN(Cc2ccc(O)c3ncccc23)CC1. The maximum absolute atomic E-state index is 13.4. The van der Waals surface area contributed by atoms with E-state index in [1.807, 2.05) is 48.5 Å². The molecule has 6 nitrogen and oxygen atoms in total. The summed E-state index contributed by atoms with van der Waals surface area (Å²) in [7, 11) is 0. The Balaban J connectivity index is 1.30. The summed E-state index contributed by atoms with van der Waals surface area (Å²) < 4.78 is 13.3. The molecule has 0 saturated carbocycles. The minimum Gasteiger partial charge on any atom is -0.506 e. The van der Waals surface area contributed by atoms with Crippen molar-refractivity contribution in [3.63, 3.8) is 0 Å². The van der Waals surface area contributed by atoms with Crippen LogP contribution in [0.1, 0.15) is 17.2 Å². The Labute approximate surface area is 203 Å². The van der Waals surface area contributed by atoms with Crippen LogP contribution in [0.4, 0.5) is 10.1 Å². The maximum Gasteiger partial charge on any atom is 0.246 e. The van der Waals surface area contributed by atoms with Crippen LogP contribution in [0.2, 0.25) is 0 Å². The summed E-state index contributed by atoms with van der Waals surface area (Å²) in [5.74, 6) is -0.283. The number of hydrogen-bond donors (Lipinski definition) is 2. The van der Waals surface area contributed by atoms with Crippen molar-refractivity contribution < 1.29 is 14.3 Å². The summed E-state index contributed by atoms with van der Waals surface area (Å²) in [6, 6.07) is 22.7. The van der Waals surface area contributed by atoms with Crippen LogP contribution in [0.3, 0.4) is 0 Å². The van der Waals surface area contributed by atoms with Crippen molar-refractivity contribution in [1.29, 1.82) is 0 Å². The molecule has 5 rings (SSSR count). The molecule has 1 aromatic heterocycles. The zero-order valence-corrected chi connectivity index (χ0v) is 19.3. The highest BCUT2D eigenvalue weighted by atomic mass is 19.1. The number of fused-ring (bicyclic) bond motifs is 1. The Kier molecular flexibility index (Phi) is 6.70. The highest BCUT2D eigenvalue weighted by Crippen LogP contribution is 2.28. The third-order valence-corrected chi connectivity index (χ3v) is 6.48. The lowest BCUT2D eigenvalue weighted by Gasteiger charge is -2.39. The van der Waals surface area contributed by atoms with Gasteiger partial charge in [0.2, 0.25) is 5.91 Å². The van der Waals surface area contributed by atoms with E-state index in [-0.39, 0.29) is 17.5 Å². The topological polar surface area (TPSA) is 68.7 Å². The minimum atomic E-state index is -0.442. The molecule has 1 unspecified atom stereocenters. The number of nitrogens with one attached hydrogen (secondary N) is 1. The van der Waals surface area contributed by atoms with Gasteiger partial charge in [-0.2, -0.15) is 0 Å². The number of pyridine rings is 1. The van der Waals surface area contributed by atoms with E-state index in [1.165, 1.54) is 12.1 Å². The zero-order chi connectivity index (χ0) is 24.2. The summed E-state index contributed by atoms with van der Waals surface area (Å²) in [6.07, 6.45) is 1.69. The molecule has 0 aliphatic carbocycles. The molecule has 0 radical (unpaired) electrons. The van der Waals surface area contributed by atoms with Gasteiger partial charge in [0.25, 0.3) is 0 Å². The van der Waals surface area contributed by atoms with Gasteiger partial charge in [-0.1, -0.05) is 42.5 Å². The number of hydrogen-bond acceptors (Lipinski definition) is 5. The monoisotopic (exact) mass is 470 g/mol. The molecule has 0 bridgehead atoms. The average molecular weight is 471 g/mol.